The molecule has 0 aliphatic carbocycles. The Kier molecular flexibility index (Phi) is 8.62. The molecule has 0 rings (SSSR count). The predicted molar refractivity (Wildman–Crippen MR) is 78.9 cm³/mol. The van der Waals surface area contributed by atoms with Gasteiger partial charge in [0.2, 0.25) is 11.8 Å². The molecule has 0 fully saturated rings. The molecule has 8 nitrogen and oxygen atoms in total. The van der Waals surface area contributed by atoms with Crippen molar-refractivity contribution in [3.8, 4) is 0 Å². The van der Waals surface area contributed by atoms with Crippen LogP contribution >= 0.6 is 25.3 Å². The number of nitrogens with one attached hydrogen (secondary N) is 2. The Hall–Kier alpha value is -0.970. The molecule has 4 atom stereocenters. The van der Waals surface area contributed by atoms with Crippen LogP contribution in [0.4, 0.5) is 0 Å². The minimum Gasteiger partial charge on any atom is -0.480 e. The number of aliphatic hydroxyl groups excluding tert-OH is 1. The van der Waals surface area contributed by atoms with Gasteiger partial charge in [0.15, 0.2) is 0 Å². The van der Waals surface area contributed by atoms with E-state index >= 15 is 0 Å². The number of thiol groups is 2. The Morgan fingerprint density at radius 3 is 1.90 bits per heavy atom. The van der Waals surface area contributed by atoms with Gasteiger partial charge < -0.3 is 26.6 Å². The molecule has 2 amide bonds. The second-order valence-electron chi connectivity index (χ2n) is 4.09. The smallest absolute Gasteiger partial charge is 0.327 e. The lowest BCUT2D eigenvalue weighted by Crippen LogP contribution is -2.57. The molecule has 20 heavy (non-hydrogen) atoms. The van der Waals surface area contributed by atoms with E-state index in [4.69, 9.17) is 10.8 Å². The molecule has 2 unspecified atom stereocenters. The first-order valence-corrected chi connectivity index (χ1v) is 7.00. The van der Waals surface area contributed by atoms with Crippen LogP contribution in [0.1, 0.15) is 6.92 Å². The van der Waals surface area contributed by atoms with Crippen molar-refractivity contribution in [3.05, 3.63) is 0 Å². The first-order chi connectivity index (χ1) is 9.24. The molecular weight excluding hydrogens is 306 g/mol. The molecule has 116 valence electrons. The third-order valence-electron chi connectivity index (χ3n) is 2.44. The number of aliphatic carboxylic acids is 1. The molecule has 0 aromatic rings. The van der Waals surface area contributed by atoms with E-state index in [-0.39, 0.29) is 11.5 Å². The van der Waals surface area contributed by atoms with Gasteiger partial charge in [0, 0.05) is 11.5 Å². The van der Waals surface area contributed by atoms with Gasteiger partial charge >= 0.3 is 5.97 Å². The van der Waals surface area contributed by atoms with Crippen LogP contribution in [0.3, 0.4) is 0 Å². The molecular formula is C10H19N3O5S2. The number of carbonyl (C=O) groups excluding carboxylic acids is 2. The highest BCUT2D eigenvalue weighted by Crippen LogP contribution is 1.96. The van der Waals surface area contributed by atoms with Gasteiger partial charge in [0.1, 0.15) is 18.1 Å². The van der Waals surface area contributed by atoms with Crippen molar-refractivity contribution < 1.29 is 24.6 Å². The quantitative estimate of drug-likeness (QED) is 0.248. The minimum atomic E-state index is -1.24. The molecule has 6 N–H and O–H groups in total. The number of carboxylic acid groups (broad SMARTS) is 1. The third kappa shape index (κ3) is 5.99. The second kappa shape index (κ2) is 9.06. The maximum Gasteiger partial charge on any atom is 0.327 e. The summed E-state index contributed by atoms with van der Waals surface area (Å²) < 4.78 is 0. The zero-order valence-electron chi connectivity index (χ0n) is 10.8. The van der Waals surface area contributed by atoms with Gasteiger partial charge in [-0.1, -0.05) is 0 Å². The van der Waals surface area contributed by atoms with Gasteiger partial charge in [-0.2, -0.15) is 25.3 Å². The van der Waals surface area contributed by atoms with Crippen LogP contribution in [0, 0.1) is 0 Å². The number of amides is 2. The van der Waals surface area contributed by atoms with Gasteiger partial charge in [-0.05, 0) is 6.92 Å². The van der Waals surface area contributed by atoms with Crippen LogP contribution in [0.2, 0.25) is 0 Å². The van der Waals surface area contributed by atoms with E-state index < -0.39 is 42.0 Å². The van der Waals surface area contributed by atoms with Crippen molar-refractivity contribution in [2.75, 3.05) is 11.5 Å². The number of nitrogens with two attached hydrogens (primary N) is 1. The Morgan fingerprint density at radius 1 is 1.10 bits per heavy atom. The minimum absolute atomic E-state index is 0.0526. The van der Waals surface area contributed by atoms with E-state index in [0.29, 0.717) is 0 Å². The average Bonchev–Trinajstić information content (AvgIpc) is 2.39. The summed E-state index contributed by atoms with van der Waals surface area (Å²) in [6.45, 7) is 1.33. The summed E-state index contributed by atoms with van der Waals surface area (Å²) >= 11 is 7.71. The van der Waals surface area contributed by atoms with Crippen LogP contribution < -0.4 is 16.4 Å². The van der Waals surface area contributed by atoms with Gasteiger partial charge in [-0.3, -0.25) is 9.59 Å². The summed E-state index contributed by atoms with van der Waals surface area (Å²) in [6, 6.07) is -3.42. The number of hydrogen-bond donors (Lipinski definition) is 7. The van der Waals surface area contributed by atoms with E-state index in [2.05, 4.69) is 35.9 Å². The summed E-state index contributed by atoms with van der Waals surface area (Å²) in [5, 5.41) is 22.5. The van der Waals surface area contributed by atoms with Gasteiger partial charge in [0.25, 0.3) is 0 Å². The first-order valence-electron chi connectivity index (χ1n) is 5.73. The van der Waals surface area contributed by atoms with Crippen LogP contribution in [-0.2, 0) is 14.4 Å². The highest BCUT2D eigenvalue weighted by molar-refractivity contribution is 7.80. The maximum atomic E-state index is 11.8. The standard InChI is InChI=1S/C10H19N3O5S2/c1-4(14)7(11)9(16)12-5(2-19)8(15)13-6(3-20)10(17)18/h4-7,14,19-20H,2-3,11H2,1H3,(H,12,16)(H,13,15)(H,17,18)/t4-,5?,6?,7+/m1/s1. The normalized spacial score (nSPS) is 16.6. The molecule has 0 aliphatic rings. The zero-order valence-corrected chi connectivity index (χ0v) is 12.6. The maximum absolute atomic E-state index is 11.8. The fourth-order valence-electron chi connectivity index (χ4n) is 1.14. The molecule has 0 radical (unpaired) electrons. The lowest BCUT2D eigenvalue weighted by atomic mass is 10.1. The average molecular weight is 325 g/mol. The first kappa shape index (κ1) is 19.0. The van der Waals surface area contributed by atoms with E-state index in [1.807, 2.05) is 0 Å². The Labute approximate surface area is 127 Å². The van der Waals surface area contributed by atoms with Crippen molar-refractivity contribution in [1.29, 1.82) is 0 Å². The third-order valence-corrected chi connectivity index (χ3v) is 3.17. The second-order valence-corrected chi connectivity index (χ2v) is 4.82. The summed E-state index contributed by atoms with van der Waals surface area (Å²) in [7, 11) is 0. The van der Waals surface area contributed by atoms with Crippen LogP contribution in [0.25, 0.3) is 0 Å². The Bertz CT molecular complexity index is 367. The van der Waals surface area contributed by atoms with Crippen LogP contribution in [0.15, 0.2) is 0 Å². The molecule has 0 aromatic carbocycles. The SMILES string of the molecule is C[C@@H](O)[C@H](N)C(=O)NC(CS)C(=O)NC(CS)C(=O)O. The highest BCUT2D eigenvalue weighted by Gasteiger charge is 2.27. The van der Waals surface area contributed by atoms with Crippen LogP contribution in [-0.4, -0.2) is 63.7 Å². The summed E-state index contributed by atoms with van der Waals surface area (Å²) in [4.78, 5) is 34.2. The Morgan fingerprint density at radius 2 is 1.55 bits per heavy atom. The van der Waals surface area contributed by atoms with Gasteiger partial charge in [0.05, 0.1) is 6.10 Å². The predicted octanol–water partition coefficient (Wildman–Crippen LogP) is -2.39. The van der Waals surface area contributed by atoms with Crippen molar-refractivity contribution in [2.24, 2.45) is 5.73 Å². The number of aliphatic hydroxyl groups is 1. The Balaban J connectivity index is 4.64. The lowest BCUT2D eigenvalue weighted by Gasteiger charge is -2.21. The van der Waals surface area contributed by atoms with Crippen LogP contribution in [0.5, 0.6) is 0 Å². The molecule has 0 saturated carbocycles. The molecule has 0 aromatic heterocycles. The number of rotatable bonds is 8. The van der Waals surface area contributed by atoms with Crippen molar-refractivity contribution in [2.45, 2.75) is 31.2 Å². The number of hydrogen-bond acceptors (Lipinski definition) is 7. The molecule has 0 saturated heterocycles. The zero-order chi connectivity index (χ0) is 15.9. The van der Waals surface area contributed by atoms with Crippen molar-refractivity contribution in [1.82, 2.24) is 10.6 Å². The van der Waals surface area contributed by atoms with Gasteiger partial charge in [-0.15, -0.1) is 0 Å². The van der Waals surface area contributed by atoms with Crippen molar-refractivity contribution in [3.63, 3.8) is 0 Å². The fourth-order valence-corrected chi connectivity index (χ4v) is 1.64. The summed E-state index contributed by atoms with van der Waals surface area (Å²) in [5.74, 6) is -2.83. The highest BCUT2D eigenvalue weighted by atomic mass is 32.1. The monoisotopic (exact) mass is 325 g/mol. The molecule has 0 bridgehead atoms. The van der Waals surface area contributed by atoms with E-state index in [1.54, 1.807) is 0 Å². The molecule has 0 aliphatic heterocycles. The molecule has 10 heteroatoms. The molecule has 0 heterocycles. The largest absolute Gasteiger partial charge is 0.480 e. The summed E-state index contributed by atoms with van der Waals surface area (Å²) in [6.07, 6.45) is -1.08. The van der Waals surface area contributed by atoms with E-state index in [9.17, 15) is 19.5 Å². The number of carboxylic acids is 1. The lowest BCUT2D eigenvalue weighted by molar-refractivity contribution is -0.141. The topological polar surface area (TPSA) is 142 Å². The molecule has 0 spiro atoms. The fraction of sp³-hybridized carbons (Fsp3) is 0.700. The number of carbonyl (C=O) groups is 3. The van der Waals surface area contributed by atoms with E-state index in [1.165, 1.54) is 6.92 Å². The van der Waals surface area contributed by atoms with Crippen molar-refractivity contribution >= 4 is 43.0 Å². The van der Waals surface area contributed by atoms with E-state index in [0.717, 1.165) is 0 Å². The van der Waals surface area contributed by atoms with Gasteiger partial charge in [-0.25, -0.2) is 4.79 Å². The summed E-state index contributed by atoms with van der Waals surface area (Å²) in [5.41, 5.74) is 5.41.